The molecule has 1 unspecified atom stereocenters. The van der Waals surface area contributed by atoms with Crippen molar-refractivity contribution in [2.45, 2.75) is 32.8 Å². The lowest BCUT2D eigenvalue weighted by atomic mass is 9.79. The Morgan fingerprint density at radius 1 is 1.07 bits per heavy atom. The highest BCUT2D eigenvalue weighted by Crippen LogP contribution is 2.48. The SMILES string of the molecule is C=CCc1cc(C2C(C(=O)OC)=C(C)NC3=C2C(=O)c2ccccc23)cc(OCC)c1OCc1ccccc1C#N. The number of esters is 1. The van der Waals surface area contributed by atoms with Crippen molar-refractivity contribution in [2.75, 3.05) is 13.7 Å². The molecule has 41 heavy (non-hydrogen) atoms. The van der Waals surface area contributed by atoms with Crippen LogP contribution in [0.2, 0.25) is 0 Å². The molecule has 3 aromatic rings. The molecule has 3 aromatic carbocycles. The van der Waals surface area contributed by atoms with Crippen LogP contribution < -0.4 is 14.8 Å². The second-order valence-corrected chi connectivity index (χ2v) is 9.74. The summed E-state index contributed by atoms with van der Waals surface area (Å²) in [5, 5.41) is 12.8. The number of methoxy groups -OCH3 is 1. The Labute approximate surface area is 239 Å². The first-order chi connectivity index (χ1) is 19.9. The molecule has 0 spiro atoms. The summed E-state index contributed by atoms with van der Waals surface area (Å²) < 4.78 is 17.6. The topological polar surface area (TPSA) is 97.7 Å². The number of hydrogen-bond donors (Lipinski definition) is 1. The van der Waals surface area contributed by atoms with E-state index in [1.54, 1.807) is 18.2 Å². The summed E-state index contributed by atoms with van der Waals surface area (Å²) in [6.45, 7) is 8.14. The van der Waals surface area contributed by atoms with E-state index in [1.807, 2.05) is 62.4 Å². The third-order valence-electron chi connectivity index (χ3n) is 7.32. The Morgan fingerprint density at radius 2 is 1.80 bits per heavy atom. The summed E-state index contributed by atoms with van der Waals surface area (Å²) in [6, 6.07) is 20.7. The minimum atomic E-state index is -0.699. The molecule has 1 heterocycles. The number of rotatable bonds is 9. The van der Waals surface area contributed by atoms with Gasteiger partial charge in [0, 0.05) is 39.4 Å². The summed E-state index contributed by atoms with van der Waals surface area (Å²) >= 11 is 0. The maximum atomic E-state index is 13.8. The maximum Gasteiger partial charge on any atom is 0.336 e. The molecule has 7 heteroatoms. The van der Waals surface area contributed by atoms with E-state index in [-0.39, 0.29) is 12.4 Å². The van der Waals surface area contributed by atoms with Crippen LogP contribution in [0.3, 0.4) is 0 Å². The minimum Gasteiger partial charge on any atom is -0.490 e. The van der Waals surface area contributed by atoms with Crippen molar-refractivity contribution in [3.63, 3.8) is 0 Å². The summed E-state index contributed by atoms with van der Waals surface area (Å²) in [5.41, 5.74) is 6.29. The van der Waals surface area contributed by atoms with Crippen LogP contribution in [0.25, 0.3) is 5.70 Å². The highest BCUT2D eigenvalue weighted by Gasteiger charge is 2.43. The Hall–Kier alpha value is -5.09. The van der Waals surface area contributed by atoms with E-state index in [1.165, 1.54) is 7.11 Å². The lowest BCUT2D eigenvalue weighted by molar-refractivity contribution is -0.136. The number of hydrogen-bond acceptors (Lipinski definition) is 7. The van der Waals surface area contributed by atoms with Gasteiger partial charge >= 0.3 is 5.97 Å². The highest BCUT2D eigenvalue weighted by atomic mass is 16.5. The van der Waals surface area contributed by atoms with Gasteiger partial charge in [0.25, 0.3) is 0 Å². The average molecular weight is 547 g/mol. The van der Waals surface area contributed by atoms with E-state index in [4.69, 9.17) is 14.2 Å². The Kier molecular flexibility index (Phi) is 7.75. The molecular formula is C34H30N2O5. The fourth-order valence-corrected chi connectivity index (χ4v) is 5.53. The third kappa shape index (κ3) is 4.89. The van der Waals surface area contributed by atoms with Gasteiger partial charge in [-0.15, -0.1) is 6.58 Å². The molecule has 0 saturated carbocycles. The lowest BCUT2D eigenvalue weighted by Crippen LogP contribution is -2.29. The van der Waals surface area contributed by atoms with E-state index < -0.39 is 11.9 Å². The molecule has 0 aromatic heterocycles. The molecule has 1 atom stereocenters. The number of ether oxygens (including phenoxy) is 3. The largest absolute Gasteiger partial charge is 0.490 e. The number of ketones is 1. The third-order valence-corrected chi connectivity index (χ3v) is 7.32. The van der Waals surface area contributed by atoms with Crippen LogP contribution in [0.4, 0.5) is 0 Å². The smallest absolute Gasteiger partial charge is 0.336 e. The van der Waals surface area contributed by atoms with Crippen LogP contribution in [0, 0.1) is 11.3 Å². The van der Waals surface area contributed by atoms with Gasteiger partial charge in [-0.1, -0.05) is 54.6 Å². The molecule has 206 valence electrons. The number of nitrogens with one attached hydrogen (secondary N) is 1. The van der Waals surface area contributed by atoms with Gasteiger partial charge < -0.3 is 19.5 Å². The summed E-state index contributed by atoms with van der Waals surface area (Å²) in [5.74, 6) is -0.366. The van der Waals surface area contributed by atoms with Crippen molar-refractivity contribution in [3.8, 4) is 17.6 Å². The highest BCUT2D eigenvalue weighted by molar-refractivity contribution is 6.23. The standard InChI is InChI=1S/C34H30N2O5/c1-5-11-21-16-24(17-27(40-6-2)33(21)41-19-23-13-8-7-12-22(23)18-35)29-28(34(38)39-4)20(3)36-31-25-14-9-10-15-26(25)32(37)30(29)31/h5,7-10,12-17,29,36H,1,6,11,19H2,2-4H3. The van der Waals surface area contributed by atoms with E-state index >= 15 is 0 Å². The Balaban J connectivity index is 1.67. The first kappa shape index (κ1) is 27.5. The predicted octanol–water partition coefficient (Wildman–Crippen LogP) is 6.01. The summed E-state index contributed by atoms with van der Waals surface area (Å²) in [6.07, 6.45) is 2.21. The van der Waals surface area contributed by atoms with Crippen LogP contribution in [0.5, 0.6) is 11.5 Å². The van der Waals surface area contributed by atoms with Crippen molar-refractivity contribution in [3.05, 3.63) is 124 Å². The van der Waals surface area contributed by atoms with E-state index in [0.717, 1.165) is 16.7 Å². The number of fused-ring (bicyclic) bond motifs is 2. The zero-order valence-corrected chi connectivity index (χ0v) is 23.2. The van der Waals surface area contributed by atoms with Crippen molar-refractivity contribution in [2.24, 2.45) is 0 Å². The van der Waals surface area contributed by atoms with Gasteiger partial charge in [-0.3, -0.25) is 4.79 Å². The zero-order chi connectivity index (χ0) is 29.1. The van der Waals surface area contributed by atoms with E-state index in [2.05, 4.69) is 18.0 Å². The summed E-state index contributed by atoms with van der Waals surface area (Å²) in [4.78, 5) is 27.0. The molecule has 1 aliphatic carbocycles. The molecule has 0 bridgehead atoms. The number of benzene rings is 3. The quantitative estimate of drug-likeness (QED) is 0.259. The molecule has 1 aliphatic heterocycles. The number of carbonyl (C=O) groups is 2. The molecule has 1 N–H and O–H groups in total. The number of allylic oxidation sites excluding steroid dienone is 3. The molecule has 0 radical (unpaired) electrons. The van der Waals surface area contributed by atoms with Crippen LogP contribution >= 0.6 is 0 Å². The van der Waals surface area contributed by atoms with Gasteiger partial charge in [0.2, 0.25) is 0 Å². The minimum absolute atomic E-state index is 0.140. The molecule has 0 saturated heterocycles. The van der Waals surface area contributed by atoms with Crippen molar-refractivity contribution in [1.29, 1.82) is 5.26 Å². The average Bonchev–Trinajstić information content (AvgIpc) is 3.27. The van der Waals surface area contributed by atoms with Crippen molar-refractivity contribution >= 4 is 17.4 Å². The maximum absolute atomic E-state index is 13.8. The Morgan fingerprint density at radius 3 is 2.51 bits per heavy atom. The van der Waals surface area contributed by atoms with Crippen LogP contribution in [-0.2, 0) is 22.6 Å². The monoisotopic (exact) mass is 546 g/mol. The molecule has 5 rings (SSSR count). The number of Topliss-reactive ketones (excluding diaryl/α,β-unsaturated/α-hetero) is 1. The van der Waals surface area contributed by atoms with E-state index in [9.17, 15) is 14.9 Å². The molecule has 0 amide bonds. The second kappa shape index (κ2) is 11.6. The van der Waals surface area contributed by atoms with Gasteiger partial charge in [0.1, 0.15) is 6.61 Å². The van der Waals surface area contributed by atoms with Gasteiger partial charge in [-0.2, -0.15) is 5.26 Å². The zero-order valence-electron chi connectivity index (χ0n) is 23.2. The summed E-state index contributed by atoms with van der Waals surface area (Å²) in [7, 11) is 1.33. The number of carbonyl (C=O) groups excluding carboxylic acids is 2. The molecule has 7 nitrogen and oxygen atoms in total. The Bertz CT molecular complexity index is 1670. The van der Waals surface area contributed by atoms with Crippen LogP contribution in [-0.4, -0.2) is 25.5 Å². The van der Waals surface area contributed by atoms with Gasteiger partial charge in [-0.25, -0.2) is 4.79 Å². The molecule has 2 aliphatic rings. The van der Waals surface area contributed by atoms with Gasteiger partial charge in [0.15, 0.2) is 17.3 Å². The van der Waals surface area contributed by atoms with Crippen LogP contribution in [0.1, 0.15) is 57.9 Å². The second-order valence-electron chi connectivity index (χ2n) is 9.74. The number of nitriles is 1. The van der Waals surface area contributed by atoms with Crippen LogP contribution in [0.15, 0.2) is 90.2 Å². The molecular weight excluding hydrogens is 516 g/mol. The first-order valence-corrected chi connectivity index (χ1v) is 13.4. The van der Waals surface area contributed by atoms with E-state index in [0.29, 0.717) is 63.8 Å². The first-order valence-electron chi connectivity index (χ1n) is 13.4. The molecule has 0 fully saturated rings. The predicted molar refractivity (Wildman–Crippen MR) is 155 cm³/mol. The van der Waals surface area contributed by atoms with Gasteiger partial charge in [-0.05, 0) is 38.0 Å². The normalized spacial score (nSPS) is 15.5. The van der Waals surface area contributed by atoms with Crippen molar-refractivity contribution < 1.29 is 23.8 Å². The van der Waals surface area contributed by atoms with Gasteiger partial charge in [0.05, 0.1) is 36.6 Å². The fourth-order valence-electron chi connectivity index (χ4n) is 5.53. The number of nitrogens with zero attached hydrogens (tertiary/aromatic N) is 1. The fraction of sp³-hybridized carbons (Fsp3) is 0.206. The lowest BCUT2D eigenvalue weighted by Gasteiger charge is -2.30. The number of dihydropyridines is 1. The van der Waals surface area contributed by atoms with Crippen molar-refractivity contribution in [1.82, 2.24) is 5.32 Å².